The summed E-state index contributed by atoms with van der Waals surface area (Å²) in [6, 6.07) is 13.3. The average Bonchev–Trinajstić information content (AvgIpc) is 2.80. The summed E-state index contributed by atoms with van der Waals surface area (Å²) in [6.07, 6.45) is 1.80. The molecule has 1 heterocycles. The number of rotatable bonds is 2. The van der Waals surface area contributed by atoms with Gasteiger partial charge < -0.3 is 0 Å². The van der Waals surface area contributed by atoms with Gasteiger partial charge in [0, 0.05) is 5.02 Å². The van der Waals surface area contributed by atoms with Crippen molar-refractivity contribution in [1.82, 2.24) is 0 Å². The second kappa shape index (κ2) is 6.01. The van der Waals surface area contributed by atoms with Crippen molar-refractivity contribution in [3.63, 3.8) is 0 Å². The molecule has 23 heavy (non-hydrogen) atoms. The molecule has 2 aromatic carbocycles. The third-order valence-corrected chi connectivity index (χ3v) is 4.35. The van der Waals surface area contributed by atoms with Crippen molar-refractivity contribution in [3.05, 3.63) is 69.8 Å². The van der Waals surface area contributed by atoms with Crippen molar-refractivity contribution in [2.45, 2.75) is 20.8 Å². The van der Waals surface area contributed by atoms with E-state index >= 15 is 0 Å². The van der Waals surface area contributed by atoms with Crippen molar-refractivity contribution in [1.29, 1.82) is 0 Å². The van der Waals surface area contributed by atoms with E-state index in [2.05, 4.69) is 5.10 Å². The van der Waals surface area contributed by atoms with E-state index in [9.17, 15) is 4.79 Å². The van der Waals surface area contributed by atoms with Gasteiger partial charge in [-0.1, -0.05) is 35.9 Å². The Morgan fingerprint density at radius 2 is 1.78 bits per heavy atom. The lowest BCUT2D eigenvalue weighted by Crippen LogP contribution is -2.21. The van der Waals surface area contributed by atoms with Gasteiger partial charge in [-0.2, -0.15) is 10.1 Å². The largest absolute Gasteiger partial charge is 0.280 e. The highest BCUT2D eigenvalue weighted by Gasteiger charge is 2.28. The van der Waals surface area contributed by atoms with Crippen LogP contribution in [0, 0.1) is 13.8 Å². The van der Waals surface area contributed by atoms with E-state index in [1.165, 1.54) is 10.6 Å². The first-order chi connectivity index (χ1) is 11.0. The molecule has 0 unspecified atom stereocenters. The normalized spacial score (nSPS) is 16.2. The fraction of sp³-hybridized carbons (Fsp3) is 0.158. The van der Waals surface area contributed by atoms with Crippen LogP contribution in [0.1, 0.15) is 23.6 Å². The second-order valence-electron chi connectivity index (χ2n) is 5.65. The molecular weight excluding hydrogens is 308 g/mol. The molecule has 3 nitrogen and oxygen atoms in total. The molecule has 3 rings (SSSR count). The summed E-state index contributed by atoms with van der Waals surface area (Å²) in [5, 5.41) is 6.47. The van der Waals surface area contributed by atoms with Crippen molar-refractivity contribution in [3.8, 4) is 0 Å². The minimum Gasteiger partial charge on any atom is -0.267 e. The van der Waals surface area contributed by atoms with Gasteiger partial charge in [-0.3, -0.25) is 4.79 Å². The van der Waals surface area contributed by atoms with Crippen molar-refractivity contribution in [2.75, 3.05) is 5.01 Å². The van der Waals surface area contributed by atoms with Gasteiger partial charge in [-0.25, -0.2) is 0 Å². The molecule has 2 aromatic rings. The van der Waals surface area contributed by atoms with Crippen LogP contribution in [0.5, 0.6) is 0 Å². The van der Waals surface area contributed by atoms with Crippen molar-refractivity contribution in [2.24, 2.45) is 5.10 Å². The summed E-state index contributed by atoms with van der Waals surface area (Å²) < 4.78 is 0. The maximum atomic E-state index is 12.7. The first kappa shape index (κ1) is 15.5. The topological polar surface area (TPSA) is 32.7 Å². The van der Waals surface area contributed by atoms with E-state index in [4.69, 9.17) is 11.6 Å². The van der Waals surface area contributed by atoms with Gasteiger partial charge in [0.25, 0.3) is 5.91 Å². The second-order valence-corrected chi connectivity index (χ2v) is 6.06. The minimum atomic E-state index is -0.134. The lowest BCUT2D eigenvalue weighted by atomic mass is 10.1. The summed E-state index contributed by atoms with van der Waals surface area (Å²) in [5.41, 5.74) is 5.16. The van der Waals surface area contributed by atoms with Crippen LogP contribution in [0.3, 0.4) is 0 Å². The zero-order valence-corrected chi connectivity index (χ0v) is 14.1. The molecule has 0 bridgehead atoms. The molecule has 0 aliphatic carbocycles. The molecule has 0 radical (unpaired) electrons. The molecule has 0 spiro atoms. The van der Waals surface area contributed by atoms with E-state index in [1.54, 1.807) is 12.1 Å². The summed E-state index contributed by atoms with van der Waals surface area (Å²) >= 11 is 6.18. The standard InChI is InChI=1S/C19H17ClN2O/c1-12-8-9-16(10-13(12)2)22-19(23)17(14(3)21-22)11-15-6-4-5-7-18(15)20/h4-11H,1-3H3/b17-11-. The first-order valence-corrected chi connectivity index (χ1v) is 7.78. The van der Waals surface area contributed by atoms with Crippen LogP contribution in [0.4, 0.5) is 5.69 Å². The Labute approximate surface area is 140 Å². The number of carbonyl (C=O) groups is 1. The number of anilines is 1. The zero-order chi connectivity index (χ0) is 16.6. The minimum absolute atomic E-state index is 0.134. The number of hydrazone groups is 1. The van der Waals surface area contributed by atoms with Crippen LogP contribution < -0.4 is 5.01 Å². The van der Waals surface area contributed by atoms with E-state index in [0.717, 1.165) is 16.8 Å². The Bertz CT molecular complexity index is 852. The fourth-order valence-electron chi connectivity index (χ4n) is 2.46. The molecule has 0 atom stereocenters. The third-order valence-electron chi connectivity index (χ3n) is 4.00. The fourth-order valence-corrected chi connectivity index (χ4v) is 2.65. The van der Waals surface area contributed by atoms with Gasteiger partial charge in [0.05, 0.1) is 17.0 Å². The van der Waals surface area contributed by atoms with Crippen LogP contribution in [0.15, 0.2) is 53.1 Å². The quantitative estimate of drug-likeness (QED) is 0.733. The monoisotopic (exact) mass is 324 g/mol. The molecule has 0 saturated heterocycles. The highest BCUT2D eigenvalue weighted by Crippen LogP contribution is 2.27. The van der Waals surface area contributed by atoms with Crippen LogP contribution in [0.25, 0.3) is 6.08 Å². The van der Waals surface area contributed by atoms with Crippen molar-refractivity contribution >= 4 is 35.0 Å². The van der Waals surface area contributed by atoms with Gasteiger partial charge in [0.15, 0.2) is 0 Å². The Morgan fingerprint density at radius 1 is 1.04 bits per heavy atom. The highest BCUT2D eigenvalue weighted by atomic mass is 35.5. The Balaban J connectivity index is 1.98. The smallest absolute Gasteiger partial charge is 0.267 e. The summed E-state index contributed by atoms with van der Waals surface area (Å²) in [6.45, 7) is 5.90. The van der Waals surface area contributed by atoms with Crippen LogP contribution in [-0.4, -0.2) is 11.6 Å². The average molecular weight is 325 g/mol. The molecule has 0 fully saturated rings. The number of hydrogen-bond acceptors (Lipinski definition) is 2. The molecule has 4 heteroatoms. The highest BCUT2D eigenvalue weighted by molar-refractivity contribution is 6.34. The van der Waals surface area contributed by atoms with E-state index < -0.39 is 0 Å². The Hall–Kier alpha value is -2.39. The summed E-state index contributed by atoms with van der Waals surface area (Å²) in [5.74, 6) is -0.134. The summed E-state index contributed by atoms with van der Waals surface area (Å²) in [7, 11) is 0. The number of amides is 1. The van der Waals surface area contributed by atoms with E-state index in [-0.39, 0.29) is 5.91 Å². The zero-order valence-electron chi connectivity index (χ0n) is 13.3. The lowest BCUT2D eigenvalue weighted by molar-refractivity contribution is -0.114. The lowest BCUT2D eigenvalue weighted by Gasteiger charge is -2.13. The molecular formula is C19H17ClN2O. The molecule has 0 N–H and O–H groups in total. The Kier molecular flexibility index (Phi) is 4.05. The van der Waals surface area contributed by atoms with Gasteiger partial charge in [-0.15, -0.1) is 0 Å². The van der Waals surface area contributed by atoms with E-state index in [0.29, 0.717) is 16.3 Å². The molecule has 116 valence electrons. The molecule has 0 aromatic heterocycles. The number of benzene rings is 2. The number of hydrogen-bond donors (Lipinski definition) is 0. The van der Waals surface area contributed by atoms with Gasteiger partial charge in [0.2, 0.25) is 0 Å². The molecule has 0 saturated carbocycles. The first-order valence-electron chi connectivity index (χ1n) is 7.41. The van der Waals surface area contributed by atoms with Gasteiger partial charge >= 0.3 is 0 Å². The Morgan fingerprint density at radius 3 is 2.48 bits per heavy atom. The number of carbonyl (C=O) groups excluding carboxylic acids is 1. The van der Waals surface area contributed by atoms with Crippen molar-refractivity contribution < 1.29 is 4.79 Å². The van der Waals surface area contributed by atoms with Crippen LogP contribution >= 0.6 is 11.6 Å². The summed E-state index contributed by atoms with van der Waals surface area (Å²) in [4.78, 5) is 12.7. The van der Waals surface area contributed by atoms with Crippen LogP contribution in [-0.2, 0) is 4.79 Å². The molecule has 1 aliphatic rings. The predicted octanol–water partition coefficient (Wildman–Crippen LogP) is 4.76. The SMILES string of the molecule is CC1=NN(c2ccc(C)c(C)c2)C(=O)/C1=C\c1ccccc1Cl. The number of aryl methyl sites for hydroxylation is 2. The van der Waals surface area contributed by atoms with E-state index in [1.807, 2.05) is 57.2 Å². The molecule has 1 aliphatic heterocycles. The van der Waals surface area contributed by atoms with Gasteiger partial charge in [0.1, 0.15) is 0 Å². The maximum absolute atomic E-state index is 12.7. The van der Waals surface area contributed by atoms with Gasteiger partial charge in [-0.05, 0) is 61.7 Å². The maximum Gasteiger partial charge on any atom is 0.280 e. The number of nitrogens with zero attached hydrogens (tertiary/aromatic N) is 2. The van der Waals surface area contributed by atoms with Crippen LogP contribution in [0.2, 0.25) is 5.02 Å². The number of halogens is 1. The molecule has 1 amide bonds. The predicted molar refractivity (Wildman–Crippen MR) is 95.9 cm³/mol. The third kappa shape index (κ3) is 2.92.